The molecule has 4 heteroatoms. The molecular weight excluding hydrogens is 315 g/mol. The smallest absolute Gasteiger partial charge is 0.227 e. The van der Waals surface area contributed by atoms with E-state index >= 15 is 0 Å². The van der Waals surface area contributed by atoms with Crippen molar-refractivity contribution in [2.45, 2.75) is 31.7 Å². The van der Waals surface area contributed by atoms with Crippen LogP contribution in [0.3, 0.4) is 0 Å². The Labute approximate surface area is 149 Å². The normalized spacial score (nSPS) is 13.5. The number of hydrogen-bond acceptors (Lipinski definition) is 2. The number of carbonyl (C=O) groups excluding carboxylic acids is 1. The zero-order valence-corrected chi connectivity index (χ0v) is 15.2. The molecule has 2 rings (SSSR count). The van der Waals surface area contributed by atoms with Gasteiger partial charge in [-0.25, -0.2) is 4.39 Å². The molecule has 0 aliphatic heterocycles. The second-order valence-corrected chi connectivity index (χ2v) is 6.53. The lowest BCUT2D eigenvalue weighted by Gasteiger charge is -2.26. The number of likely N-dealkylation sites (N-methyl/N-ethyl adjacent to an activating group) is 1. The molecule has 25 heavy (non-hydrogen) atoms. The Kier molecular flexibility index (Phi) is 7.14. The third kappa shape index (κ3) is 5.40. The maximum absolute atomic E-state index is 13.5. The first-order valence-corrected chi connectivity index (χ1v) is 8.77. The Morgan fingerprint density at radius 2 is 1.76 bits per heavy atom. The zero-order valence-electron chi connectivity index (χ0n) is 15.2. The van der Waals surface area contributed by atoms with Crippen LogP contribution in [0.2, 0.25) is 0 Å². The van der Waals surface area contributed by atoms with Crippen LogP contribution < -0.4 is 5.32 Å². The summed E-state index contributed by atoms with van der Waals surface area (Å²) in [4.78, 5) is 14.7. The van der Waals surface area contributed by atoms with E-state index in [0.29, 0.717) is 6.54 Å². The molecule has 0 aliphatic carbocycles. The Morgan fingerprint density at radius 3 is 2.36 bits per heavy atom. The fraction of sp³-hybridized carbons (Fsp3) is 0.381. The minimum Gasteiger partial charge on any atom is -0.354 e. The number of halogens is 1. The van der Waals surface area contributed by atoms with Crippen molar-refractivity contribution in [3.8, 4) is 0 Å². The van der Waals surface area contributed by atoms with Gasteiger partial charge in [-0.3, -0.25) is 4.79 Å². The van der Waals surface area contributed by atoms with Crippen molar-refractivity contribution < 1.29 is 9.18 Å². The molecule has 0 bridgehead atoms. The van der Waals surface area contributed by atoms with E-state index in [0.717, 1.165) is 24.0 Å². The summed E-state index contributed by atoms with van der Waals surface area (Å²) in [5.41, 5.74) is 1.89. The number of benzene rings is 2. The van der Waals surface area contributed by atoms with Crippen molar-refractivity contribution in [3.05, 3.63) is 71.5 Å². The Bertz CT molecular complexity index is 673. The highest BCUT2D eigenvalue weighted by Gasteiger charge is 2.22. The molecule has 0 spiro atoms. The van der Waals surface area contributed by atoms with Crippen LogP contribution in [0.4, 0.5) is 4.39 Å². The van der Waals surface area contributed by atoms with E-state index in [1.165, 1.54) is 12.1 Å². The van der Waals surface area contributed by atoms with Crippen LogP contribution in [-0.4, -0.2) is 31.4 Å². The molecule has 0 fully saturated rings. The lowest BCUT2D eigenvalue weighted by atomic mass is 9.93. The van der Waals surface area contributed by atoms with Crippen molar-refractivity contribution in [2.24, 2.45) is 0 Å². The molecule has 2 atom stereocenters. The molecule has 2 unspecified atom stereocenters. The van der Waals surface area contributed by atoms with Gasteiger partial charge in [-0.2, -0.15) is 0 Å². The van der Waals surface area contributed by atoms with Crippen LogP contribution in [0.1, 0.15) is 42.9 Å². The van der Waals surface area contributed by atoms with Gasteiger partial charge >= 0.3 is 0 Å². The van der Waals surface area contributed by atoms with Crippen LogP contribution in [0.25, 0.3) is 0 Å². The van der Waals surface area contributed by atoms with E-state index in [2.05, 4.69) is 12.2 Å². The minimum atomic E-state index is -0.260. The first-order chi connectivity index (χ1) is 12.0. The summed E-state index contributed by atoms with van der Waals surface area (Å²) >= 11 is 0. The van der Waals surface area contributed by atoms with E-state index in [-0.39, 0.29) is 23.7 Å². The van der Waals surface area contributed by atoms with Gasteiger partial charge in [0, 0.05) is 6.54 Å². The summed E-state index contributed by atoms with van der Waals surface area (Å²) in [5, 5.41) is 3.06. The topological polar surface area (TPSA) is 32.3 Å². The van der Waals surface area contributed by atoms with Crippen LogP contribution in [0.5, 0.6) is 0 Å². The fourth-order valence-corrected chi connectivity index (χ4v) is 3.06. The van der Waals surface area contributed by atoms with Gasteiger partial charge in [0.25, 0.3) is 0 Å². The summed E-state index contributed by atoms with van der Waals surface area (Å²) in [5.74, 6) is -0.387. The SMILES string of the molecule is CCCC(C(=O)NCC(c1cccc(F)c1)N(C)C)c1ccccc1. The number of carbonyl (C=O) groups is 1. The van der Waals surface area contributed by atoms with Crippen molar-refractivity contribution in [3.63, 3.8) is 0 Å². The number of nitrogens with one attached hydrogen (secondary N) is 1. The quantitative estimate of drug-likeness (QED) is 0.782. The van der Waals surface area contributed by atoms with Gasteiger partial charge in [-0.05, 0) is 43.8 Å². The molecule has 0 radical (unpaired) electrons. The largest absolute Gasteiger partial charge is 0.354 e. The molecule has 1 amide bonds. The molecule has 134 valence electrons. The molecule has 0 heterocycles. The van der Waals surface area contributed by atoms with E-state index in [9.17, 15) is 9.18 Å². The summed E-state index contributed by atoms with van der Waals surface area (Å²) in [6.07, 6.45) is 1.75. The van der Waals surface area contributed by atoms with Gasteiger partial charge in [0.1, 0.15) is 5.82 Å². The molecule has 0 aromatic heterocycles. The number of nitrogens with zero attached hydrogens (tertiary/aromatic N) is 1. The van der Waals surface area contributed by atoms with Crippen molar-refractivity contribution in [2.75, 3.05) is 20.6 Å². The van der Waals surface area contributed by atoms with Crippen LogP contribution in [0.15, 0.2) is 54.6 Å². The molecular formula is C21H27FN2O. The second kappa shape index (κ2) is 9.33. The number of amides is 1. The Balaban J connectivity index is 2.09. The van der Waals surface area contributed by atoms with Gasteiger partial charge in [0.05, 0.1) is 12.0 Å². The Hall–Kier alpha value is -2.20. The predicted octanol–water partition coefficient (Wildman–Crippen LogP) is 4.13. The second-order valence-electron chi connectivity index (χ2n) is 6.53. The van der Waals surface area contributed by atoms with Gasteiger partial charge in [-0.15, -0.1) is 0 Å². The first kappa shape index (κ1) is 19.1. The average molecular weight is 342 g/mol. The first-order valence-electron chi connectivity index (χ1n) is 8.77. The maximum atomic E-state index is 13.5. The summed E-state index contributed by atoms with van der Waals surface area (Å²) < 4.78 is 13.5. The molecule has 0 saturated heterocycles. The lowest BCUT2D eigenvalue weighted by molar-refractivity contribution is -0.123. The van der Waals surface area contributed by atoms with E-state index in [1.54, 1.807) is 6.07 Å². The highest BCUT2D eigenvalue weighted by molar-refractivity contribution is 5.83. The average Bonchev–Trinajstić information content (AvgIpc) is 2.60. The van der Waals surface area contributed by atoms with Crippen LogP contribution >= 0.6 is 0 Å². The van der Waals surface area contributed by atoms with Gasteiger partial charge in [0.2, 0.25) is 5.91 Å². The van der Waals surface area contributed by atoms with Crippen LogP contribution in [0, 0.1) is 5.82 Å². The predicted molar refractivity (Wildman–Crippen MR) is 99.9 cm³/mol. The van der Waals surface area contributed by atoms with Gasteiger partial charge in [-0.1, -0.05) is 55.8 Å². The highest BCUT2D eigenvalue weighted by Crippen LogP contribution is 2.23. The van der Waals surface area contributed by atoms with E-state index in [1.807, 2.05) is 55.4 Å². The van der Waals surface area contributed by atoms with Crippen molar-refractivity contribution in [1.29, 1.82) is 0 Å². The number of rotatable bonds is 8. The Morgan fingerprint density at radius 1 is 1.08 bits per heavy atom. The zero-order chi connectivity index (χ0) is 18.2. The molecule has 2 aromatic rings. The number of hydrogen-bond donors (Lipinski definition) is 1. The molecule has 1 N–H and O–H groups in total. The monoisotopic (exact) mass is 342 g/mol. The lowest BCUT2D eigenvalue weighted by Crippen LogP contribution is -2.37. The van der Waals surface area contributed by atoms with Crippen molar-refractivity contribution in [1.82, 2.24) is 10.2 Å². The molecule has 2 aromatic carbocycles. The minimum absolute atomic E-state index is 0.0244. The van der Waals surface area contributed by atoms with Gasteiger partial charge < -0.3 is 10.2 Å². The van der Waals surface area contributed by atoms with Crippen molar-refractivity contribution >= 4 is 5.91 Å². The molecule has 0 aliphatic rings. The third-order valence-electron chi connectivity index (χ3n) is 4.42. The summed E-state index contributed by atoms with van der Waals surface area (Å²) in [7, 11) is 3.87. The summed E-state index contributed by atoms with van der Waals surface area (Å²) in [6, 6.07) is 16.3. The van der Waals surface area contributed by atoms with Crippen LogP contribution in [-0.2, 0) is 4.79 Å². The molecule has 3 nitrogen and oxygen atoms in total. The fourth-order valence-electron chi connectivity index (χ4n) is 3.06. The molecule has 0 saturated carbocycles. The van der Waals surface area contributed by atoms with E-state index < -0.39 is 0 Å². The highest BCUT2D eigenvalue weighted by atomic mass is 19.1. The standard InChI is InChI=1S/C21H27FN2O/c1-4-9-19(16-10-6-5-7-11-16)21(25)23-15-20(24(2)3)17-12-8-13-18(22)14-17/h5-8,10-14,19-20H,4,9,15H2,1-3H3,(H,23,25). The summed E-state index contributed by atoms with van der Waals surface area (Å²) in [6.45, 7) is 2.53. The van der Waals surface area contributed by atoms with Gasteiger partial charge in [0.15, 0.2) is 0 Å². The maximum Gasteiger partial charge on any atom is 0.227 e. The van der Waals surface area contributed by atoms with E-state index in [4.69, 9.17) is 0 Å². The third-order valence-corrected chi connectivity index (χ3v) is 4.42.